The second-order valence-electron chi connectivity index (χ2n) is 7.22. The quantitative estimate of drug-likeness (QED) is 0.494. The maximum absolute atomic E-state index is 12.1. The van der Waals surface area contributed by atoms with Gasteiger partial charge in [-0.2, -0.15) is 0 Å². The highest BCUT2D eigenvalue weighted by Crippen LogP contribution is 2.32. The first-order valence-electron chi connectivity index (χ1n) is 10.2. The van der Waals surface area contributed by atoms with Crippen LogP contribution in [0, 0.1) is 0 Å². The zero-order valence-electron chi connectivity index (χ0n) is 17.1. The molecule has 164 valence electrons. The molecule has 1 aromatic heterocycles. The summed E-state index contributed by atoms with van der Waals surface area (Å²) in [7, 11) is -3.50. The summed E-state index contributed by atoms with van der Waals surface area (Å²) in [6.45, 7) is 3.92. The standard InChI is InChI=1S/C21H24ClN5O3S/c1-2-25-31(28,29)16-5-3-14(4-6-16)26-21-24-13-17-18(22)7-8-19(20(17)27-21)30-15-9-11-23-12-10-15/h3-8,13,15,23,25H,2,9-12H2,1H3,(H,24,26,27). The van der Waals surface area contributed by atoms with E-state index in [1.54, 1.807) is 31.3 Å². The highest BCUT2D eigenvalue weighted by atomic mass is 35.5. The molecule has 1 aliphatic rings. The van der Waals surface area contributed by atoms with Crippen LogP contribution in [0.25, 0.3) is 10.9 Å². The number of aromatic nitrogens is 2. The Morgan fingerprint density at radius 3 is 2.61 bits per heavy atom. The van der Waals surface area contributed by atoms with Crippen LogP contribution in [-0.4, -0.2) is 44.1 Å². The lowest BCUT2D eigenvalue weighted by molar-refractivity contribution is 0.164. The van der Waals surface area contributed by atoms with Crippen molar-refractivity contribution in [3.8, 4) is 5.75 Å². The number of ether oxygens (including phenoxy) is 1. The molecular weight excluding hydrogens is 438 g/mol. The molecule has 1 fully saturated rings. The average molecular weight is 462 g/mol. The summed E-state index contributed by atoms with van der Waals surface area (Å²) in [5, 5.41) is 7.70. The number of benzene rings is 2. The summed E-state index contributed by atoms with van der Waals surface area (Å²) in [5.41, 5.74) is 1.30. The number of hydrogen-bond acceptors (Lipinski definition) is 7. The first kappa shape index (κ1) is 21.8. The minimum absolute atomic E-state index is 0.128. The normalized spacial score (nSPS) is 15.2. The maximum Gasteiger partial charge on any atom is 0.240 e. The Hall–Kier alpha value is -2.46. The monoisotopic (exact) mass is 461 g/mol. The van der Waals surface area contributed by atoms with Gasteiger partial charge in [-0.05, 0) is 62.3 Å². The first-order valence-corrected chi connectivity index (χ1v) is 12.0. The molecule has 0 bridgehead atoms. The molecule has 0 amide bonds. The molecule has 1 aliphatic heterocycles. The number of piperidine rings is 1. The highest BCUT2D eigenvalue weighted by Gasteiger charge is 2.18. The van der Waals surface area contributed by atoms with Crippen molar-refractivity contribution in [3.05, 3.63) is 47.6 Å². The van der Waals surface area contributed by atoms with Gasteiger partial charge in [-0.15, -0.1) is 0 Å². The van der Waals surface area contributed by atoms with Crippen molar-refractivity contribution in [1.29, 1.82) is 0 Å². The van der Waals surface area contributed by atoms with Crippen molar-refractivity contribution in [2.24, 2.45) is 0 Å². The number of fused-ring (bicyclic) bond motifs is 1. The number of hydrogen-bond donors (Lipinski definition) is 3. The van der Waals surface area contributed by atoms with E-state index in [2.05, 4.69) is 25.3 Å². The van der Waals surface area contributed by atoms with E-state index < -0.39 is 10.0 Å². The summed E-state index contributed by atoms with van der Waals surface area (Å²) in [5.74, 6) is 1.04. The van der Waals surface area contributed by atoms with E-state index in [0.717, 1.165) is 25.9 Å². The van der Waals surface area contributed by atoms with Gasteiger partial charge < -0.3 is 15.4 Å². The van der Waals surface area contributed by atoms with Gasteiger partial charge in [-0.1, -0.05) is 18.5 Å². The van der Waals surface area contributed by atoms with Crippen LogP contribution in [0.3, 0.4) is 0 Å². The second kappa shape index (κ2) is 9.35. The van der Waals surface area contributed by atoms with Gasteiger partial charge in [0.15, 0.2) is 0 Å². The number of anilines is 2. The number of sulfonamides is 1. The fourth-order valence-corrected chi connectivity index (χ4v) is 4.67. The smallest absolute Gasteiger partial charge is 0.240 e. The number of nitrogens with one attached hydrogen (secondary N) is 3. The Bertz CT molecular complexity index is 1170. The minimum atomic E-state index is -3.50. The van der Waals surface area contributed by atoms with Crippen LogP contribution in [-0.2, 0) is 10.0 Å². The number of halogens is 1. The molecule has 0 spiro atoms. The Morgan fingerprint density at radius 1 is 1.16 bits per heavy atom. The van der Waals surface area contributed by atoms with Crippen LogP contribution in [0.4, 0.5) is 11.6 Å². The molecule has 4 rings (SSSR count). The Balaban J connectivity index is 1.59. The van der Waals surface area contributed by atoms with Gasteiger partial charge in [0.1, 0.15) is 17.4 Å². The third-order valence-electron chi connectivity index (χ3n) is 5.00. The van der Waals surface area contributed by atoms with Gasteiger partial charge in [0.05, 0.1) is 9.92 Å². The van der Waals surface area contributed by atoms with Crippen molar-refractivity contribution in [2.75, 3.05) is 25.0 Å². The summed E-state index contributed by atoms with van der Waals surface area (Å²) in [6.07, 6.45) is 3.65. The predicted octanol–water partition coefficient (Wildman–Crippen LogP) is 3.46. The molecule has 0 saturated carbocycles. The lowest BCUT2D eigenvalue weighted by Crippen LogP contribution is -2.34. The van der Waals surface area contributed by atoms with Gasteiger partial charge in [0, 0.05) is 23.8 Å². The maximum atomic E-state index is 12.1. The minimum Gasteiger partial charge on any atom is -0.488 e. The number of rotatable bonds is 7. The lowest BCUT2D eigenvalue weighted by atomic mass is 10.1. The Kier molecular flexibility index (Phi) is 6.57. The van der Waals surface area contributed by atoms with Crippen LogP contribution in [0.5, 0.6) is 5.75 Å². The van der Waals surface area contributed by atoms with Crippen LogP contribution in [0.15, 0.2) is 47.5 Å². The van der Waals surface area contributed by atoms with E-state index in [-0.39, 0.29) is 11.0 Å². The first-order chi connectivity index (χ1) is 15.0. The average Bonchev–Trinajstić information content (AvgIpc) is 2.77. The molecule has 10 heteroatoms. The van der Waals surface area contributed by atoms with Crippen LogP contribution in [0.1, 0.15) is 19.8 Å². The molecule has 0 atom stereocenters. The van der Waals surface area contributed by atoms with E-state index >= 15 is 0 Å². The molecule has 2 aromatic carbocycles. The predicted molar refractivity (Wildman–Crippen MR) is 122 cm³/mol. The van der Waals surface area contributed by atoms with E-state index in [1.807, 2.05) is 6.07 Å². The van der Waals surface area contributed by atoms with E-state index in [0.29, 0.717) is 39.9 Å². The molecule has 3 N–H and O–H groups in total. The summed E-state index contributed by atoms with van der Waals surface area (Å²) >= 11 is 6.34. The van der Waals surface area contributed by atoms with Crippen molar-refractivity contribution in [1.82, 2.24) is 20.0 Å². The van der Waals surface area contributed by atoms with Gasteiger partial charge in [-0.25, -0.2) is 23.1 Å². The highest BCUT2D eigenvalue weighted by molar-refractivity contribution is 7.89. The SMILES string of the molecule is CCNS(=O)(=O)c1ccc(Nc2ncc3c(Cl)ccc(OC4CCNCC4)c3n2)cc1. The zero-order valence-corrected chi connectivity index (χ0v) is 18.6. The van der Waals surface area contributed by atoms with E-state index in [1.165, 1.54) is 12.1 Å². The van der Waals surface area contributed by atoms with E-state index in [9.17, 15) is 8.42 Å². The van der Waals surface area contributed by atoms with Gasteiger partial charge in [-0.3, -0.25) is 0 Å². The third-order valence-corrected chi connectivity index (χ3v) is 6.89. The fourth-order valence-electron chi connectivity index (χ4n) is 3.43. The molecular formula is C21H24ClN5O3S. The van der Waals surface area contributed by atoms with Crippen LogP contribution in [0.2, 0.25) is 5.02 Å². The summed E-state index contributed by atoms with van der Waals surface area (Å²) in [6, 6.07) is 10.0. The van der Waals surface area contributed by atoms with Gasteiger partial charge >= 0.3 is 0 Å². The third kappa shape index (κ3) is 5.07. The number of nitrogens with zero attached hydrogens (tertiary/aromatic N) is 2. The summed E-state index contributed by atoms with van der Waals surface area (Å²) in [4.78, 5) is 9.17. The molecule has 3 aromatic rings. The van der Waals surface area contributed by atoms with Crippen molar-refractivity contribution in [2.45, 2.75) is 30.8 Å². The largest absolute Gasteiger partial charge is 0.488 e. The Labute approximate surface area is 186 Å². The second-order valence-corrected chi connectivity index (χ2v) is 9.39. The topological polar surface area (TPSA) is 105 Å². The molecule has 0 aliphatic carbocycles. The molecule has 31 heavy (non-hydrogen) atoms. The van der Waals surface area contributed by atoms with Crippen LogP contribution >= 0.6 is 11.6 Å². The molecule has 2 heterocycles. The van der Waals surface area contributed by atoms with Crippen molar-refractivity contribution >= 4 is 44.2 Å². The van der Waals surface area contributed by atoms with Crippen molar-refractivity contribution < 1.29 is 13.2 Å². The molecule has 0 radical (unpaired) electrons. The van der Waals surface area contributed by atoms with Gasteiger partial charge in [0.25, 0.3) is 0 Å². The van der Waals surface area contributed by atoms with E-state index in [4.69, 9.17) is 16.3 Å². The Morgan fingerprint density at radius 2 is 1.90 bits per heavy atom. The fraction of sp³-hybridized carbons (Fsp3) is 0.333. The molecule has 0 unspecified atom stereocenters. The van der Waals surface area contributed by atoms with Crippen molar-refractivity contribution in [3.63, 3.8) is 0 Å². The van der Waals surface area contributed by atoms with Gasteiger partial charge in [0.2, 0.25) is 16.0 Å². The zero-order chi connectivity index (χ0) is 21.8. The summed E-state index contributed by atoms with van der Waals surface area (Å²) < 4.78 is 32.9. The molecule has 8 nitrogen and oxygen atoms in total. The molecule has 1 saturated heterocycles. The lowest BCUT2D eigenvalue weighted by Gasteiger charge is -2.24. The van der Waals surface area contributed by atoms with Crippen LogP contribution < -0.4 is 20.1 Å².